The lowest BCUT2D eigenvalue weighted by molar-refractivity contribution is 0.0693. The summed E-state index contributed by atoms with van der Waals surface area (Å²) in [6.45, 7) is 2.27. The third-order valence-electron chi connectivity index (χ3n) is 3.40. The first-order valence-electron chi connectivity index (χ1n) is 6.20. The van der Waals surface area contributed by atoms with E-state index in [0.717, 1.165) is 13.1 Å². The highest BCUT2D eigenvalue weighted by Gasteiger charge is 2.20. The number of hydrogen-bond donors (Lipinski definition) is 1. The number of pyridine rings is 1. The van der Waals surface area contributed by atoms with E-state index in [-0.39, 0.29) is 0 Å². The van der Waals surface area contributed by atoms with Crippen LogP contribution in [0, 0.1) is 0 Å². The molecular formula is C15H14N2O2. The van der Waals surface area contributed by atoms with Crippen LogP contribution in [0.5, 0.6) is 0 Å². The summed E-state index contributed by atoms with van der Waals surface area (Å²) in [7, 11) is 0. The van der Waals surface area contributed by atoms with E-state index >= 15 is 0 Å². The topological polar surface area (TPSA) is 53.4 Å². The zero-order chi connectivity index (χ0) is 13.2. The molecule has 2 heterocycles. The fourth-order valence-electron chi connectivity index (χ4n) is 2.49. The van der Waals surface area contributed by atoms with Gasteiger partial charge in [-0.05, 0) is 23.3 Å². The standard InChI is InChI=1S/C15H14N2O2/c18-15(19)13-6-3-7-16-14(13)10-17-8-11-4-1-2-5-12(11)9-17/h1-7H,8-10H2,(H,18,19). The molecule has 0 spiro atoms. The Balaban J connectivity index is 1.80. The second kappa shape index (κ2) is 4.82. The smallest absolute Gasteiger partial charge is 0.337 e. The molecular weight excluding hydrogens is 240 g/mol. The van der Waals surface area contributed by atoms with Crippen LogP contribution >= 0.6 is 0 Å². The van der Waals surface area contributed by atoms with Crippen molar-refractivity contribution in [3.8, 4) is 0 Å². The number of carboxylic acids is 1. The number of hydrogen-bond acceptors (Lipinski definition) is 3. The Morgan fingerprint density at radius 2 is 1.84 bits per heavy atom. The van der Waals surface area contributed by atoms with Crippen LogP contribution in [0.1, 0.15) is 27.2 Å². The SMILES string of the molecule is O=C(O)c1cccnc1CN1Cc2ccccc2C1. The Morgan fingerprint density at radius 1 is 1.16 bits per heavy atom. The van der Waals surface area contributed by atoms with Gasteiger partial charge in [-0.15, -0.1) is 0 Å². The molecule has 0 saturated heterocycles. The highest BCUT2D eigenvalue weighted by Crippen LogP contribution is 2.24. The molecule has 19 heavy (non-hydrogen) atoms. The molecule has 1 aromatic carbocycles. The number of carboxylic acid groups (broad SMARTS) is 1. The van der Waals surface area contributed by atoms with E-state index in [1.54, 1.807) is 18.3 Å². The van der Waals surface area contributed by atoms with Crippen molar-refractivity contribution in [2.45, 2.75) is 19.6 Å². The molecule has 0 saturated carbocycles. The molecule has 3 rings (SSSR count). The number of rotatable bonds is 3. The average Bonchev–Trinajstić information content (AvgIpc) is 2.81. The van der Waals surface area contributed by atoms with Gasteiger partial charge in [0.2, 0.25) is 0 Å². The van der Waals surface area contributed by atoms with Gasteiger partial charge in [-0.3, -0.25) is 9.88 Å². The van der Waals surface area contributed by atoms with Crippen molar-refractivity contribution < 1.29 is 9.90 Å². The van der Waals surface area contributed by atoms with Crippen LogP contribution in [0.3, 0.4) is 0 Å². The summed E-state index contributed by atoms with van der Waals surface area (Å²) in [5.41, 5.74) is 3.55. The van der Waals surface area contributed by atoms with Crippen molar-refractivity contribution in [1.82, 2.24) is 9.88 Å². The van der Waals surface area contributed by atoms with Gasteiger partial charge in [0.25, 0.3) is 0 Å². The molecule has 0 atom stereocenters. The minimum atomic E-state index is -0.917. The molecule has 0 aliphatic carbocycles. The maximum Gasteiger partial charge on any atom is 0.337 e. The number of nitrogens with zero attached hydrogens (tertiary/aromatic N) is 2. The molecule has 0 bridgehead atoms. The van der Waals surface area contributed by atoms with Gasteiger partial charge in [-0.25, -0.2) is 4.79 Å². The first kappa shape index (κ1) is 11.9. The van der Waals surface area contributed by atoms with Crippen LogP contribution in [0.25, 0.3) is 0 Å². The van der Waals surface area contributed by atoms with Crippen LogP contribution in [0.4, 0.5) is 0 Å². The Hall–Kier alpha value is -2.20. The highest BCUT2D eigenvalue weighted by atomic mass is 16.4. The number of fused-ring (bicyclic) bond motifs is 1. The maximum absolute atomic E-state index is 11.2. The molecule has 0 radical (unpaired) electrons. The Bertz CT molecular complexity index is 600. The number of aromatic carboxylic acids is 1. The van der Waals surface area contributed by atoms with E-state index in [4.69, 9.17) is 5.11 Å². The minimum Gasteiger partial charge on any atom is -0.478 e. The minimum absolute atomic E-state index is 0.290. The predicted molar refractivity (Wildman–Crippen MR) is 70.6 cm³/mol. The van der Waals surface area contributed by atoms with Gasteiger partial charge in [0.05, 0.1) is 11.3 Å². The van der Waals surface area contributed by atoms with Gasteiger partial charge in [-0.2, -0.15) is 0 Å². The Labute approximate surface area is 111 Å². The lowest BCUT2D eigenvalue weighted by atomic mass is 10.1. The molecule has 1 aliphatic heterocycles. The lowest BCUT2D eigenvalue weighted by Gasteiger charge is -2.15. The molecule has 96 valence electrons. The molecule has 0 amide bonds. The van der Waals surface area contributed by atoms with Gasteiger partial charge in [0.1, 0.15) is 0 Å². The zero-order valence-corrected chi connectivity index (χ0v) is 10.4. The number of aromatic nitrogens is 1. The van der Waals surface area contributed by atoms with E-state index < -0.39 is 5.97 Å². The predicted octanol–water partition coefficient (Wildman–Crippen LogP) is 2.30. The second-order valence-electron chi connectivity index (χ2n) is 4.72. The summed E-state index contributed by atoms with van der Waals surface area (Å²) in [6, 6.07) is 11.6. The van der Waals surface area contributed by atoms with Crippen molar-refractivity contribution in [2.24, 2.45) is 0 Å². The lowest BCUT2D eigenvalue weighted by Crippen LogP contribution is -2.19. The summed E-state index contributed by atoms with van der Waals surface area (Å²) in [5.74, 6) is -0.917. The van der Waals surface area contributed by atoms with Crippen molar-refractivity contribution in [3.05, 3.63) is 65.0 Å². The third-order valence-corrected chi connectivity index (χ3v) is 3.40. The first-order chi connectivity index (χ1) is 9.24. The monoisotopic (exact) mass is 254 g/mol. The Morgan fingerprint density at radius 3 is 2.47 bits per heavy atom. The summed E-state index contributed by atoms with van der Waals surface area (Å²) >= 11 is 0. The largest absolute Gasteiger partial charge is 0.478 e. The van der Waals surface area contributed by atoms with Crippen molar-refractivity contribution in [2.75, 3.05) is 0 Å². The molecule has 4 heteroatoms. The summed E-state index contributed by atoms with van der Waals surface area (Å²) in [5, 5.41) is 9.15. The fourth-order valence-corrected chi connectivity index (χ4v) is 2.49. The van der Waals surface area contributed by atoms with Crippen molar-refractivity contribution in [3.63, 3.8) is 0 Å². The molecule has 1 aromatic heterocycles. The van der Waals surface area contributed by atoms with Crippen molar-refractivity contribution in [1.29, 1.82) is 0 Å². The summed E-state index contributed by atoms with van der Waals surface area (Å²) in [4.78, 5) is 17.6. The second-order valence-corrected chi connectivity index (χ2v) is 4.72. The van der Waals surface area contributed by atoms with Crippen LogP contribution in [0.15, 0.2) is 42.6 Å². The molecule has 2 aromatic rings. The fraction of sp³-hybridized carbons (Fsp3) is 0.200. The van der Waals surface area contributed by atoms with E-state index in [1.807, 2.05) is 12.1 Å². The zero-order valence-electron chi connectivity index (χ0n) is 10.4. The molecule has 0 unspecified atom stereocenters. The molecule has 1 aliphatic rings. The van der Waals surface area contributed by atoms with E-state index in [0.29, 0.717) is 17.8 Å². The van der Waals surface area contributed by atoms with Crippen LogP contribution < -0.4 is 0 Å². The molecule has 4 nitrogen and oxygen atoms in total. The highest BCUT2D eigenvalue weighted by molar-refractivity contribution is 5.88. The number of benzene rings is 1. The summed E-state index contributed by atoms with van der Waals surface area (Å²) < 4.78 is 0. The van der Waals surface area contributed by atoms with E-state index in [1.165, 1.54) is 11.1 Å². The molecule has 1 N–H and O–H groups in total. The first-order valence-corrected chi connectivity index (χ1v) is 6.20. The van der Waals surface area contributed by atoms with E-state index in [9.17, 15) is 4.79 Å². The quantitative estimate of drug-likeness (QED) is 0.913. The molecule has 0 fully saturated rings. The maximum atomic E-state index is 11.2. The Kier molecular flexibility index (Phi) is 3.01. The van der Waals surface area contributed by atoms with Crippen molar-refractivity contribution >= 4 is 5.97 Å². The normalized spacial score (nSPS) is 14.3. The van der Waals surface area contributed by atoms with Gasteiger partial charge in [-0.1, -0.05) is 24.3 Å². The van der Waals surface area contributed by atoms with E-state index in [2.05, 4.69) is 22.0 Å². The van der Waals surface area contributed by atoms with Gasteiger partial charge in [0.15, 0.2) is 0 Å². The number of carbonyl (C=O) groups is 1. The van der Waals surface area contributed by atoms with Gasteiger partial charge in [0, 0.05) is 25.8 Å². The van der Waals surface area contributed by atoms with Crippen LogP contribution in [-0.4, -0.2) is 21.0 Å². The summed E-state index contributed by atoms with van der Waals surface area (Å²) in [6.07, 6.45) is 1.64. The third kappa shape index (κ3) is 2.35. The van der Waals surface area contributed by atoms with Gasteiger partial charge < -0.3 is 5.11 Å². The van der Waals surface area contributed by atoms with Gasteiger partial charge >= 0.3 is 5.97 Å². The van der Waals surface area contributed by atoms with Crippen LogP contribution in [-0.2, 0) is 19.6 Å². The average molecular weight is 254 g/mol. The van der Waals surface area contributed by atoms with Crippen LogP contribution in [0.2, 0.25) is 0 Å².